The molecule has 1 fully saturated rings. The van der Waals surface area contributed by atoms with E-state index in [-0.39, 0.29) is 38.8 Å². The largest absolute Gasteiger partial charge is 0.505 e. The summed E-state index contributed by atoms with van der Waals surface area (Å²) in [5, 5.41) is 26.6. The van der Waals surface area contributed by atoms with Crippen molar-refractivity contribution in [1.29, 1.82) is 5.26 Å². The zero-order valence-electron chi connectivity index (χ0n) is 29.9. The Morgan fingerprint density at radius 2 is 1.84 bits per heavy atom. The third kappa shape index (κ3) is 7.55. The van der Waals surface area contributed by atoms with E-state index in [1.165, 1.54) is 10.7 Å². The van der Waals surface area contributed by atoms with Crippen LogP contribution in [0.5, 0.6) is 5.75 Å². The minimum absolute atomic E-state index is 0.0305. The standard InChI is InChI=1S/C29H30N8O4.C8H5ClF3NO/c1-4-22-24(34-8-10-35(11-9-34)27(39)23-21(13-30)14-31-17(3)25(23)38)28(40)37-29(36(22)5-2)32-26(33-37)18-6-7-19-15-41-16-20(19)12-18;9-6-3-5(8(10,11)12)1-2-7(6)13-4-14/h6-7,12,14,38H,4-5,8-11,15-16H2,1-3H3;1-4H,(H,13,14). The summed E-state index contributed by atoms with van der Waals surface area (Å²) >= 11 is 5.49. The zero-order chi connectivity index (χ0) is 39.6. The number of aryl methyl sites for hydroxylation is 2. The van der Waals surface area contributed by atoms with E-state index in [9.17, 15) is 37.9 Å². The Labute approximate surface area is 317 Å². The molecule has 3 aromatic heterocycles. The van der Waals surface area contributed by atoms with E-state index in [0.717, 1.165) is 40.6 Å². The molecule has 0 aliphatic carbocycles. The van der Waals surface area contributed by atoms with Crippen molar-refractivity contribution < 1.29 is 32.6 Å². The highest BCUT2D eigenvalue weighted by atomic mass is 35.5. The first-order valence-electron chi connectivity index (χ1n) is 17.2. The molecule has 2 aromatic carbocycles. The molecule has 0 bridgehead atoms. The van der Waals surface area contributed by atoms with Crippen LogP contribution in [0.25, 0.3) is 17.2 Å². The van der Waals surface area contributed by atoms with E-state index in [1.54, 1.807) is 11.8 Å². The molecule has 0 saturated carbocycles. The van der Waals surface area contributed by atoms with Crippen LogP contribution in [0.1, 0.15) is 57.8 Å². The second-order valence-corrected chi connectivity index (χ2v) is 13.1. The summed E-state index contributed by atoms with van der Waals surface area (Å²) in [6.07, 6.45) is -2.17. The first kappa shape index (κ1) is 38.7. The van der Waals surface area contributed by atoms with Gasteiger partial charge in [0.1, 0.15) is 17.3 Å². The van der Waals surface area contributed by atoms with Crippen LogP contribution in [0.3, 0.4) is 0 Å². The number of alkyl halides is 3. The van der Waals surface area contributed by atoms with Crippen molar-refractivity contribution in [3.63, 3.8) is 0 Å². The number of carbonyl (C=O) groups excluding carboxylic acids is 2. The molecular weight excluding hydrogens is 743 g/mol. The van der Waals surface area contributed by atoms with Crippen LogP contribution in [-0.4, -0.2) is 72.7 Å². The summed E-state index contributed by atoms with van der Waals surface area (Å²) in [5.74, 6) is 0.265. The van der Waals surface area contributed by atoms with Crippen molar-refractivity contribution in [1.82, 2.24) is 29.0 Å². The zero-order valence-corrected chi connectivity index (χ0v) is 30.7. The van der Waals surface area contributed by atoms with E-state index >= 15 is 0 Å². The SMILES string of the molecule is CCc1c(N2CCN(C(=O)c3c(C#N)cnc(C)c3O)CC2)c(=O)n2nc(-c3ccc4c(c3)COC4)nc2n1CC.O=CNc1ccc(C(F)(F)F)cc1Cl. The van der Waals surface area contributed by atoms with Gasteiger partial charge in [0.2, 0.25) is 12.2 Å². The van der Waals surface area contributed by atoms with Gasteiger partial charge in [-0.1, -0.05) is 30.7 Å². The number of anilines is 2. The van der Waals surface area contributed by atoms with Crippen LogP contribution >= 0.6 is 11.6 Å². The lowest BCUT2D eigenvalue weighted by Crippen LogP contribution is -2.51. The van der Waals surface area contributed by atoms with Crippen molar-refractivity contribution in [2.45, 2.75) is 53.1 Å². The average molecular weight is 778 g/mol. The lowest BCUT2D eigenvalue weighted by Gasteiger charge is -2.37. The second-order valence-electron chi connectivity index (χ2n) is 12.6. The van der Waals surface area contributed by atoms with Crippen molar-refractivity contribution in [3.8, 4) is 23.2 Å². The quantitative estimate of drug-likeness (QED) is 0.206. The Morgan fingerprint density at radius 3 is 2.47 bits per heavy atom. The smallest absolute Gasteiger partial charge is 0.416 e. The Bertz CT molecular complexity index is 2400. The van der Waals surface area contributed by atoms with Gasteiger partial charge in [-0.15, -0.1) is 5.10 Å². The minimum Gasteiger partial charge on any atom is -0.505 e. The van der Waals surface area contributed by atoms with Gasteiger partial charge in [-0.25, -0.2) is 0 Å². The van der Waals surface area contributed by atoms with Gasteiger partial charge in [-0.3, -0.25) is 19.4 Å². The predicted molar refractivity (Wildman–Crippen MR) is 196 cm³/mol. The number of fused-ring (bicyclic) bond motifs is 2. The number of piperazine rings is 1. The van der Waals surface area contributed by atoms with E-state index < -0.39 is 17.6 Å². The van der Waals surface area contributed by atoms with Gasteiger partial charge in [0.05, 0.1) is 40.7 Å². The third-order valence-corrected chi connectivity index (χ3v) is 9.73. The molecule has 2 N–H and O–H groups in total. The molecule has 286 valence electrons. The number of nitriles is 1. The van der Waals surface area contributed by atoms with Gasteiger partial charge in [-0.2, -0.15) is 27.9 Å². The molecule has 55 heavy (non-hydrogen) atoms. The van der Waals surface area contributed by atoms with Crippen LogP contribution in [0.2, 0.25) is 5.02 Å². The van der Waals surface area contributed by atoms with Gasteiger partial charge < -0.3 is 29.5 Å². The van der Waals surface area contributed by atoms with E-state index in [4.69, 9.17) is 21.3 Å². The third-order valence-electron chi connectivity index (χ3n) is 9.42. The number of nitrogens with zero attached hydrogens (tertiary/aromatic N) is 8. The number of aromatic hydroxyl groups is 1. The second kappa shape index (κ2) is 15.8. The topological polar surface area (TPSA) is 171 Å². The Hall–Kier alpha value is -5.99. The molecular formula is C37H35ClF3N9O5. The number of carbonyl (C=O) groups is 2. The van der Waals surface area contributed by atoms with E-state index in [0.29, 0.717) is 76.1 Å². The number of hydrogen-bond donors (Lipinski definition) is 2. The first-order chi connectivity index (χ1) is 26.3. The van der Waals surface area contributed by atoms with Crippen molar-refractivity contribution >= 4 is 41.1 Å². The van der Waals surface area contributed by atoms with Crippen LogP contribution in [0.4, 0.5) is 24.5 Å². The summed E-state index contributed by atoms with van der Waals surface area (Å²) in [7, 11) is 0. The molecule has 5 aromatic rings. The molecule has 2 aliphatic heterocycles. The molecule has 5 heterocycles. The maximum atomic E-state index is 13.9. The minimum atomic E-state index is -4.43. The fraction of sp³-hybridized carbons (Fsp3) is 0.324. The number of nitrogens with one attached hydrogen (secondary N) is 1. The van der Waals surface area contributed by atoms with Crippen LogP contribution < -0.4 is 15.8 Å². The summed E-state index contributed by atoms with van der Waals surface area (Å²) in [6, 6.07) is 10.7. The molecule has 1 saturated heterocycles. The van der Waals surface area contributed by atoms with Gasteiger partial charge in [0.15, 0.2) is 11.6 Å². The number of halogens is 4. The van der Waals surface area contributed by atoms with Crippen LogP contribution in [0, 0.1) is 18.3 Å². The monoisotopic (exact) mass is 777 g/mol. The molecule has 2 aliphatic rings. The highest BCUT2D eigenvalue weighted by Crippen LogP contribution is 2.34. The number of rotatable bonds is 7. The summed E-state index contributed by atoms with van der Waals surface area (Å²) < 4.78 is 45.4. The number of amides is 2. The number of benzene rings is 2. The number of hydrogen-bond acceptors (Lipinski definition) is 10. The van der Waals surface area contributed by atoms with Crippen molar-refractivity contribution in [3.05, 3.63) is 97.2 Å². The predicted octanol–water partition coefficient (Wildman–Crippen LogP) is 5.34. The highest BCUT2D eigenvalue weighted by Gasteiger charge is 2.32. The van der Waals surface area contributed by atoms with Gasteiger partial charge in [-0.05, 0) is 55.7 Å². The first-order valence-corrected chi connectivity index (χ1v) is 17.6. The Kier molecular flexibility index (Phi) is 11.1. The molecule has 14 nitrogen and oxygen atoms in total. The molecule has 7 rings (SSSR count). The molecule has 0 radical (unpaired) electrons. The van der Waals surface area contributed by atoms with Crippen molar-refractivity contribution in [2.75, 3.05) is 36.4 Å². The van der Waals surface area contributed by atoms with Crippen LogP contribution in [-0.2, 0) is 41.9 Å². The summed E-state index contributed by atoms with van der Waals surface area (Å²) in [5.41, 5.74) is 3.82. The average Bonchev–Trinajstić information content (AvgIpc) is 3.84. The van der Waals surface area contributed by atoms with Crippen LogP contribution in [0.15, 0.2) is 47.4 Å². The van der Waals surface area contributed by atoms with Gasteiger partial charge in [0.25, 0.3) is 11.5 Å². The molecule has 0 atom stereocenters. The fourth-order valence-electron chi connectivity index (χ4n) is 6.59. The molecule has 18 heteroatoms. The Morgan fingerprint density at radius 1 is 1.11 bits per heavy atom. The van der Waals surface area contributed by atoms with Gasteiger partial charge >= 0.3 is 6.18 Å². The number of pyridine rings is 1. The fourth-order valence-corrected chi connectivity index (χ4v) is 6.82. The molecule has 0 unspecified atom stereocenters. The molecule has 0 spiro atoms. The summed E-state index contributed by atoms with van der Waals surface area (Å²) in [6.45, 7) is 8.80. The lowest BCUT2D eigenvalue weighted by atomic mass is 10.1. The van der Waals surface area contributed by atoms with E-state index in [2.05, 4.69) is 15.4 Å². The lowest BCUT2D eigenvalue weighted by molar-refractivity contribution is -0.137. The highest BCUT2D eigenvalue weighted by molar-refractivity contribution is 6.33. The molecule has 2 amide bonds. The van der Waals surface area contributed by atoms with Crippen molar-refractivity contribution in [2.24, 2.45) is 0 Å². The number of aromatic nitrogens is 5. The Balaban J connectivity index is 0.000000311. The normalized spacial score (nSPS) is 13.9. The maximum Gasteiger partial charge on any atom is 0.416 e. The van der Waals surface area contributed by atoms with E-state index in [1.807, 2.05) is 47.6 Å². The summed E-state index contributed by atoms with van der Waals surface area (Å²) in [4.78, 5) is 49.7. The maximum absolute atomic E-state index is 13.9. The van der Waals surface area contributed by atoms with Gasteiger partial charge in [0, 0.05) is 50.2 Å². The number of ether oxygens (including phenoxy) is 1.